The molecule has 2 rings (SSSR count). The highest BCUT2D eigenvalue weighted by Gasteiger charge is 2.03. The summed E-state index contributed by atoms with van der Waals surface area (Å²) in [5.74, 6) is -0.0359. The molecule has 84 valence electrons. The Hall–Kier alpha value is -2.03. The molecule has 0 unspecified atom stereocenters. The second kappa shape index (κ2) is 5.35. The van der Waals surface area contributed by atoms with Crippen molar-refractivity contribution in [2.45, 2.75) is 6.54 Å². The summed E-state index contributed by atoms with van der Waals surface area (Å²) in [6.07, 6.45) is 0. The third-order valence-corrected chi connectivity index (χ3v) is 2.61. The van der Waals surface area contributed by atoms with Crippen molar-refractivity contribution < 1.29 is 4.79 Å². The van der Waals surface area contributed by atoms with Gasteiger partial charge in [-0.05, 0) is 17.7 Å². The lowest BCUT2D eigenvalue weighted by atomic mass is 9.95. The molecule has 0 spiro atoms. The topological polar surface area (TPSA) is 29.1 Å². The minimum atomic E-state index is -0.0359. The van der Waals surface area contributed by atoms with Gasteiger partial charge >= 0.3 is 0 Å². The van der Waals surface area contributed by atoms with Crippen LogP contribution in [0.3, 0.4) is 0 Å². The fourth-order valence-corrected chi connectivity index (χ4v) is 1.58. The van der Waals surface area contributed by atoms with Gasteiger partial charge in [0, 0.05) is 12.1 Å². The summed E-state index contributed by atoms with van der Waals surface area (Å²) in [6, 6.07) is 17.4. The van der Waals surface area contributed by atoms with Crippen molar-refractivity contribution in [3.8, 4) is 0 Å². The van der Waals surface area contributed by atoms with Crippen LogP contribution in [0.2, 0.25) is 0 Å². The van der Waals surface area contributed by atoms with Crippen LogP contribution in [0.4, 0.5) is 0 Å². The van der Waals surface area contributed by atoms with E-state index in [4.69, 9.17) is 0 Å². The molecule has 0 aromatic heterocycles. The van der Waals surface area contributed by atoms with E-state index in [0.29, 0.717) is 12.1 Å². The third kappa shape index (κ3) is 3.21. The quantitative estimate of drug-likeness (QED) is 0.768. The van der Waals surface area contributed by atoms with Crippen LogP contribution in [0.15, 0.2) is 54.6 Å². The Kier molecular flexibility index (Phi) is 3.60. The number of benzene rings is 2. The van der Waals surface area contributed by atoms with E-state index >= 15 is 0 Å². The number of carbonyl (C=O) groups is 1. The molecule has 0 fully saturated rings. The van der Waals surface area contributed by atoms with E-state index in [1.807, 2.05) is 62.4 Å². The van der Waals surface area contributed by atoms with E-state index in [2.05, 4.69) is 5.32 Å². The number of hydrogen-bond acceptors (Lipinski definition) is 1. The average Bonchev–Trinajstić information content (AvgIpc) is 2.39. The van der Waals surface area contributed by atoms with Crippen LogP contribution in [0.1, 0.15) is 15.9 Å². The number of carbonyl (C=O) groups excluding carboxylic acids is 1. The lowest BCUT2D eigenvalue weighted by Crippen LogP contribution is -2.22. The molecule has 0 atom stereocenters. The predicted molar refractivity (Wildman–Crippen MR) is 72.2 cm³/mol. The predicted octanol–water partition coefficient (Wildman–Crippen LogP) is 0.875. The summed E-state index contributed by atoms with van der Waals surface area (Å²) in [5.41, 5.74) is 3.03. The van der Waals surface area contributed by atoms with Crippen molar-refractivity contribution in [3.63, 3.8) is 0 Å². The third-order valence-electron chi connectivity index (χ3n) is 2.61. The first-order valence-corrected chi connectivity index (χ1v) is 5.64. The molecule has 3 heteroatoms. The van der Waals surface area contributed by atoms with Gasteiger partial charge in [-0.15, -0.1) is 0 Å². The molecule has 0 radical (unpaired) electrons. The molecule has 2 aromatic carbocycles. The van der Waals surface area contributed by atoms with Gasteiger partial charge < -0.3 is 5.32 Å². The van der Waals surface area contributed by atoms with E-state index in [1.54, 1.807) is 0 Å². The summed E-state index contributed by atoms with van der Waals surface area (Å²) < 4.78 is 0. The normalized spacial score (nSPS) is 9.88. The summed E-state index contributed by atoms with van der Waals surface area (Å²) in [4.78, 5) is 11.8. The highest BCUT2D eigenvalue weighted by Crippen LogP contribution is 2.00. The van der Waals surface area contributed by atoms with Crippen molar-refractivity contribution >= 4 is 19.2 Å². The maximum atomic E-state index is 11.8. The summed E-state index contributed by atoms with van der Waals surface area (Å²) in [6.45, 7) is 0.563. The first-order chi connectivity index (χ1) is 8.25. The first-order valence-electron chi connectivity index (χ1n) is 5.64. The van der Waals surface area contributed by atoms with Gasteiger partial charge in [-0.2, -0.15) is 0 Å². The smallest absolute Gasteiger partial charge is 0.251 e. The highest BCUT2D eigenvalue weighted by molar-refractivity contribution is 6.32. The molecule has 0 heterocycles. The van der Waals surface area contributed by atoms with E-state index in [1.165, 1.54) is 5.46 Å². The van der Waals surface area contributed by atoms with Crippen molar-refractivity contribution in [1.29, 1.82) is 0 Å². The molecule has 0 aliphatic heterocycles. The van der Waals surface area contributed by atoms with Crippen LogP contribution in [0.25, 0.3) is 0 Å². The Bertz CT molecular complexity index is 493. The van der Waals surface area contributed by atoms with Crippen LogP contribution >= 0.6 is 0 Å². The summed E-state index contributed by atoms with van der Waals surface area (Å²) in [7, 11) is 2.05. The SMILES string of the molecule is Bc1ccc(CNC(=O)c2ccccc2)cc1. The maximum Gasteiger partial charge on any atom is 0.251 e. The van der Waals surface area contributed by atoms with Crippen LogP contribution in [0.5, 0.6) is 0 Å². The molecule has 2 aromatic rings. The lowest BCUT2D eigenvalue weighted by molar-refractivity contribution is 0.0951. The van der Waals surface area contributed by atoms with Gasteiger partial charge in [-0.1, -0.05) is 47.9 Å². The number of rotatable bonds is 3. The van der Waals surface area contributed by atoms with Crippen molar-refractivity contribution in [2.24, 2.45) is 0 Å². The molecule has 0 aliphatic carbocycles. The summed E-state index contributed by atoms with van der Waals surface area (Å²) >= 11 is 0. The van der Waals surface area contributed by atoms with Gasteiger partial charge in [0.05, 0.1) is 0 Å². The second-order valence-electron chi connectivity index (χ2n) is 4.03. The van der Waals surface area contributed by atoms with E-state index in [-0.39, 0.29) is 5.91 Å². The highest BCUT2D eigenvalue weighted by atomic mass is 16.1. The van der Waals surface area contributed by atoms with Gasteiger partial charge in [0.25, 0.3) is 5.91 Å². The molecular formula is C14H14BNO. The zero-order valence-electron chi connectivity index (χ0n) is 9.81. The van der Waals surface area contributed by atoms with Crippen LogP contribution < -0.4 is 10.8 Å². The van der Waals surface area contributed by atoms with E-state index < -0.39 is 0 Å². The minimum absolute atomic E-state index is 0.0359. The van der Waals surface area contributed by atoms with Crippen LogP contribution in [-0.4, -0.2) is 13.8 Å². The van der Waals surface area contributed by atoms with Gasteiger partial charge in [0.1, 0.15) is 7.85 Å². The largest absolute Gasteiger partial charge is 0.348 e. The molecule has 0 aliphatic rings. The molecule has 2 nitrogen and oxygen atoms in total. The maximum absolute atomic E-state index is 11.8. The Morgan fingerprint density at radius 2 is 1.65 bits per heavy atom. The van der Waals surface area contributed by atoms with Gasteiger partial charge in [-0.3, -0.25) is 4.79 Å². The molecular weight excluding hydrogens is 209 g/mol. The molecule has 0 saturated carbocycles. The number of amides is 1. The fourth-order valence-electron chi connectivity index (χ4n) is 1.58. The molecule has 1 amide bonds. The number of hydrogen-bond donors (Lipinski definition) is 1. The second-order valence-corrected chi connectivity index (χ2v) is 4.03. The average molecular weight is 223 g/mol. The first kappa shape index (κ1) is 11.5. The van der Waals surface area contributed by atoms with Crippen molar-refractivity contribution in [3.05, 3.63) is 65.7 Å². The van der Waals surface area contributed by atoms with Gasteiger partial charge in [0.15, 0.2) is 0 Å². The fraction of sp³-hybridized carbons (Fsp3) is 0.0714. The van der Waals surface area contributed by atoms with Gasteiger partial charge in [-0.25, -0.2) is 0 Å². The van der Waals surface area contributed by atoms with E-state index in [0.717, 1.165) is 5.56 Å². The number of nitrogens with one attached hydrogen (secondary N) is 1. The Morgan fingerprint density at radius 3 is 2.29 bits per heavy atom. The Labute approximate surface area is 102 Å². The van der Waals surface area contributed by atoms with Crippen molar-refractivity contribution in [2.75, 3.05) is 0 Å². The zero-order chi connectivity index (χ0) is 12.1. The standard InChI is InChI=1S/C14H14BNO/c15-13-8-6-11(7-9-13)10-16-14(17)12-4-2-1-3-5-12/h1-9H,10,15H2,(H,16,17). The summed E-state index contributed by atoms with van der Waals surface area (Å²) in [5, 5.41) is 2.90. The molecule has 0 bridgehead atoms. The Morgan fingerprint density at radius 1 is 1.00 bits per heavy atom. The van der Waals surface area contributed by atoms with E-state index in [9.17, 15) is 4.79 Å². The monoisotopic (exact) mass is 223 g/mol. The minimum Gasteiger partial charge on any atom is -0.348 e. The van der Waals surface area contributed by atoms with Crippen LogP contribution in [0, 0.1) is 0 Å². The lowest BCUT2D eigenvalue weighted by Gasteiger charge is -2.05. The zero-order valence-corrected chi connectivity index (χ0v) is 9.81. The van der Waals surface area contributed by atoms with Crippen molar-refractivity contribution in [1.82, 2.24) is 5.32 Å². The van der Waals surface area contributed by atoms with Gasteiger partial charge in [0.2, 0.25) is 0 Å². The Balaban J connectivity index is 1.95. The van der Waals surface area contributed by atoms with Crippen LogP contribution in [-0.2, 0) is 6.54 Å². The molecule has 1 N–H and O–H groups in total. The molecule has 0 saturated heterocycles. The molecule has 17 heavy (non-hydrogen) atoms.